The van der Waals surface area contributed by atoms with Gasteiger partial charge in [-0.05, 0) is 65.2 Å². The summed E-state index contributed by atoms with van der Waals surface area (Å²) in [5.74, 6) is 0.932. The van der Waals surface area contributed by atoms with Gasteiger partial charge in [0, 0.05) is 17.6 Å². The van der Waals surface area contributed by atoms with Crippen molar-refractivity contribution in [3.63, 3.8) is 0 Å². The van der Waals surface area contributed by atoms with Crippen molar-refractivity contribution < 1.29 is 14.7 Å². The summed E-state index contributed by atoms with van der Waals surface area (Å²) in [4.78, 5) is 12.0. The number of piperidine rings is 2. The fourth-order valence-electron chi connectivity index (χ4n) is 4.61. The monoisotopic (exact) mass is 282 g/mol. The Morgan fingerprint density at radius 1 is 1.30 bits per heavy atom. The van der Waals surface area contributed by atoms with Gasteiger partial charge >= 0.3 is 6.09 Å². The van der Waals surface area contributed by atoms with Crippen LogP contribution in [0.15, 0.2) is 0 Å². The maximum absolute atomic E-state index is 12.0. The highest BCUT2D eigenvalue weighted by Crippen LogP contribution is 2.53. The molecule has 2 saturated carbocycles. The van der Waals surface area contributed by atoms with Crippen LogP contribution >= 0.6 is 0 Å². The highest BCUT2D eigenvalue weighted by Gasteiger charge is 2.57. The van der Waals surface area contributed by atoms with Crippen molar-refractivity contribution in [2.45, 2.75) is 76.6 Å². The minimum atomic E-state index is -0.454. The Balaban J connectivity index is 1.68. The van der Waals surface area contributed by atoms with E-state index >= 15 is 0 Å². The molecule has 5 nitrogen and oxygen atoms in total. The smallest absolute Gasteiger partial charge is 0.407 e. The zero-order valence-electron chi connectivity index (χ0n) is 12.8. The Labute approximate surface area is 120 Å². The summed E-state index contributed by atoms with van der Waals surface area (Å²) in [6.45, 7) is 7.79. The molecule has 2 saturated heterocycles. The van der Waals surface area contributed by atoms with Crippen LogP contribution in [0.3, 0.4) is 0 Å². The highest BCUT2D eigenvalue weighted by molar-refractivity contribution is 5.68. The Bertz CT molecular complexity index is 402. The molecule has 114 valence electrons. The first-order valence-corrected chi connectivity index (χ1v) is 7.66. The van der Waals surface area contributed by atoms with E-state index in [1.54, 1.807) is 5.06 Å². The SMILES string of the molecule is CC(C)(C)OC(=O)NC1[C@@H]2C[C@H]3C[C@H]1CC(C)(C2)N3O. The number of carbonyl (C=O) groups excluding carboxylic acids is 1. The predicted molar refractivity (Wildman–Crippen MR) is 74.4 cm³/mol. The Kier molecular flexibility index (Phi) is 3.07. The highest BCUT2D eigenvalue weighted by atomic mass is 16.6. The molecule has 4 bridgehead atoms. The molecule has 2 unspecified atom stereocenters. The van der Waals surface area contributed by atoms with Gasteiger partial charge < -0.3 is 15.3 Å². The van der Waals surface area contributed by atoms with Crippen molar-refractivity contribution in [3.8, 4) is 0 Å². The van der Waals surface area contributed by atoms with E-state index in [9.17, 15) is 10.0 Å². The van der Waals surface area contributed by atoms with Gasteiger partial charge in [0.25, 0.3) is 0 Å². The Morgan fingerprint density at radius 3 is 2.30 bits per heavy atom. The molecule has 20 heavy (non-hydrogen) atoms. The molecule has 0 radical (unpaired) electrons. The van der Waals surface area contributed by atoms with Gasteiger partial charge in [-0.2, -0.15) is 5.06 Å². The summed E-state index contributed by atoms with van der Waals surface area (Å²) in [6.07, 6.45) is 3.56. The van der Waals surface area contributed by atoms with Crippen LogP contribution in [0, 0.1) is 11.8 Å². The van der Waals surface area contributed by atoms with E-state index in [2.05, 4.69) is 12.2 Å². The van der Waals surface area contributed by atoms with Crippen molar-refractivity contribution in [3.05, 3.63) is 0 Å². The Morgan fingerprint density at radius 2 is 1.85 bits per heavy atom. The number of nitrogens with zero attached hydrogens (tertiary/aromatic N) is 1. The van der Waals surface area contributed by atoms with E-state index in [1.807, 2.05) is 20.8 Å². The molecule has 0 aromatic carbocycles. The van der Waals surface area contributed by atoms with Gasteiger partial charge in [0.2, 0.25) is 0 Å². The fourth-order valence-corrected chi connectivity index (χ4v) is 4.61. The predicted octanol–water partition coefficient (Wildman–Crippen LogP) is 2.53. The zero-order valence-corrected chi connectivity index (χ0v) is 12.8. The zero-order chi connectivity index (χ0) is 14.7. The molecule has 0 aromatic rings. The minimum absolute atomic E-state index is 0.0946. The second-order valence-electron chi connectivity index (χ2n) is 8.07. The number of rotatable bonds is 1. The van der Waals surface area contributed by atoms with Crippen molar-refractivity contribution in [2.75, 3.05) is 0 Å². The van der Waals surface area contributed by atoms with E-state index < -0.39 is 5.60 Å². The van der Waals surface area contributed by atoms with Crippen LogP contribution in [-0.2, 0) is 4.74 Å². The number of alkyl carbamates (subject to hydrolysis) is 1. The van der Waals surface area contributed by atoms with Crippen LogP contribution in [0.2, 0.25) is 0 Å². The van der Waals surface area contributed by atoms with Gasteiger partial charge in [0.1, 0.15) is 5.60 Å². The maximum Gasteiger partial charge on any atom is 0.407 e. The van der Waals surface area contributed by atoms with Gasteiger partial charge in [0.05, 0.1) is 0 Å². The van der Waals surface area contributed by atoms with E-state index in [0.717, 1.165) is 25.7 Å². The summed E-state index contributed by atoms with van der Waals surface area (Å²) in [7, 11) is 0. The van der Waals surface area contributed by atoms with Gasteiger partial charge in [0.15, 0.2) is 0 Å². The van der Waals surface area contributed by atoms with Crippen LogP contribution in [0.25, 0.3) is 0 Å². The van der Waals surface area contributed by atoms with Crippen LogP contribution in [-0.4, -0.2) is 39.6 Å². The lowest BCUT2D eigenvalue weighted by Gasteiger charge is -2.62. The van der Waals surface area contributed by atoms with Crippen molar-refractivity contribution in [2.24, 2.45) is 11.8 Å². The summed E-state index contributed by atoms with van der Waals surface area (Å²) < 4.78 is 5.38. The number of carbonyl (C=O) groups is 1. The molecule has 2 N–H and O–H groups in total. The first-order chi connectivity index (χ1) is 9.18. The van der Waals surface area contributed by atoms with Crippen molar-refractivity contribution in [1.82, 2.24) is 10.4 Å². The van der Waals surface area contributed by atoms with Gasteiger partial charge in [-0.15, -0.1) is 0 Å². The molecule has 5 heteroatoms. The average molecular weight is 282 g/mol. The standard InChI is InChI=1S/C15H26N2O3/c1-14(2,3)20-13(18)16-12-9-5-11-6-10(12)8-15(4,7-9)17(11)19/h9-12,19H,5-8H2,1-4H3,(H,16,18)/t9-,10+,11+,12?,15?. The largest absolute Gasteiger partial charge is 0.444 e. The molecule has 4 aliphatic rings. The average Bonchev–Trinajstić information content (AvgIpc) is 2.25. The molecule has 0 aromatic heterocycles. The molecular formula is C15H26N2O3. The fraction of sp³-hybridized carbons (Fsp3) is 0.933. The minimum Gasteiger partial charge on any atom is -0.444 e. The summed E-state index contributed by atoms with van der Waals surface area (Å²) in [5.41, 5.74) is -0.549. The van der Waals surface area contributed by atoms with Gasteiger partial charge in [-0.3, -0.25) is 0 Å². The quantitative estimate of drug-likeness (QED) is 0.776. The third kappa shape index (κ3) is 2.31. The van der Waals surface area contributed by atoms with Crippen LogP contribution in [0.5, 0.6) is 0 Å². The first kappa shape index (κ1) is 14.1. The van der Waals surface area contributed by atoms with E-state index in [1.165, 1.54) is 0 Å². The Hall–Kier alpha value is -0.810. The van der Waals surface area contributed by atoms with Crippen LogP contribution in [0.1, 0.15) is 53.4 Å². The molecule has 1 amide bonds. The molecule has 0 spiro atoms. The molecule has 4 rings (SSSR count). The van der Waals surface area contributed by atoms with Crippen LogP contribution < -0.4 is 5.32 Å². The first-order valence-electron chi connectivity index (χ1n) is 7.66. The summed E-state index contributed by atoms with van der Waals surface area (Å²) in [6, 6.07) is 0.483. The molecular weight excluding hydrogens is 256 g/mol. The van der Waals surface area contributed by atoms with Gasteiger partial charge in [-0.25, -0.2) is 4.79 Å². The number of hydrogen-bond acceptors (Lipinski definition) is 4. The lowest BCUT2D eigenvalue weighted by atomic mass is 9.57. The number of ether oxygens (including phenoxy) is 1. The third-order valence-electron chi connectivity index (χ3n) is 5.15. The summed E-state index contributed by atoms with van der Waals surface area (Å²) in [5, 5.41) is 14.9. The number of hydroxylamine groups is 2. The van der Waals surface area contributed by atoms with Crippen molar-refractivity contribution >= 4 is 6.09 Å². The lowest BCUT2D eigenvalue weighted by molar-refractivity contribution is -0.274. The van der Waals surface area contributed by atoms with Gasteiger partial charge in [-0.1, -0.05) is 0 Å². The third-order valence-corrected chi connectivity index (χ3v) is 5.15. The van der Waals surface area contributed by atoms with Crippen molar-refractivity contribution in [1.29, 1.82) is 0 Å². The van der Waals surface area contributed by atoms with Crippen LogP contribution in [0.4, 0.5) is 4.79 Å². The molecule has 2 aliphatic carbocycles. The van der Waals surface area contributed by atoms with E-state index in [4.69, 9.17) is 4.74 Å². The molecule has 2 aliphatic heterocycles. The lowest BCUT2D eigenvalue weighted by Crippen LogP contribution is -2.69. The number of amides is 1. The molecule has 4 fully saturated rings. The number of nitrogens with one attached hydrogen (secondary N) is 1. The topological polar surface area (TPSA) is 61.8 Å². The molecule has 5 atom stereocenters. The second kappa shape index (κ2) is 4.34. The molecule has 2 heterocycles. The maximum atomic E-state index is 12.0. The second-order valence-corrected chi connectivity index (χ2v) is 8.07. The number of hydrogen-bond donors (Lipinski definition) is 2. The van der Waals surface area contributed by atoms with E-state index in [0.29, 0.717) is 11.8 Å². The van der Waals surface area contributed by atoms with E-state index in [-0.39, 0.29) is 23.7 Å². The summed E-state index contributed by atoms with van der Waals surface area (Å²) >= 11 is 0. The normalized spacial score (nSPS) is 43.6.